The molecule has 0 fully saturated rings. The monoisotopic (exact) mass is 353 g/mol. The molecular weight excluding hydrogens is 341 g/mol. The van der Waals surface area contributed by atoms with Gasteiger partial charge in [-0.15, -0.1) is 0 Å². The molecule has 2 aromatic heterocycles. The normalized spacial score (nSPS) is 11.3. The van der Waals surface area contributed by atoms with Crippen molar-refractivity contribution in [1.82, 2.24) is 9.61 Å². The van der Waals surface area contributed by atoms with Crippen LogP contribution < -0.4 is 0 Å². The summed E-state index contributed by atoms with van der Waals surface area (Å²) in [7, 11) is 0. The van der Waals surface area contributed by atoms with Gasteiger partial charge in [0.25, 0.3) is 0 Å². The minimum atomic E-state index is -0.455. The smallest absolute Gasteiger partial charge is 0.354 e. The third-order valence-corrected chi connectivity index (χ3v) is 4.09. The van der Waals surface area contributed by atoms with E-state index in [-0.39, 0.29) is 11.4 Å². The quantitative estimate of drug-likeness (QED) is 0.484. The minimum absolute atomic E-state index is 0.0914. The highest BCUT2D eigenvalue weighted by atomic mass is 35.5. The number of aromatic nitrogens is 2. The van der Waals surface area contributed by atoms with Crippen molar-refractivity contribution in [2.75, 3.05) is 0 Å². The summed E-state index contributed by atoms with van der Waals surface area (Å²) in [6.45, 7) is 3.66. The summed E-state index contributed by atoms with van der Waals surface area (Å²) >= 11 is 12.2. The number of nitro groups is 1. The Labute approximate surface area is 141 Å². The van der Waals surface area contributed by atoms with Crippen LogP contribution in [0.2, 0.25) is 10.0 Å². The molecule has 6 nitrogen and oxygen atoms in total. The topological polar surface area (TPSA) is 73.6 Å². The lowest BCUT2D eigenvalue weighted by Gasteiger charge is -2.03. The van der Waals surface area contributed by atoms with Gasteiger partial charge in [0.15, 0.2) is 0 Å². The van der Waals surface area contributed by atoms with Gasteiger partial charge in [0.1, 0.15) is 17.1 Å². The first-order chi connectivity index (χ1) is 10.9. The molecule has 0 bridgehead atoms. The number of oxazole rings is 1. The van der Waals surface area contributed by atoms with Crippen molar-refractivity contribution in [3.63, 3.8) is 0 Å². The van der Waals surface area contributed by atoms with Crippen LogP contribution in [0.1, 0.15) is 24.8 Å². The van der Waals surface area contributed by atoms with E-state index in [9.17, 15) is 10.1 Å². The Morgan fingerprint density at radius 1 is 1.39 bits per heavy atom. The largest absolute Gasteiger partial charge is 0.436 e. The average molecular weight is 354 g/mol. The fourth-order valence-corrected chi connectivity index (χ4v) is 3.09. The van der Waals surface area contributed by atoms with E-state index in [1.807, 2.05) is 6.92 Å². The Kier molecular flexibility index (Phi) is 4.04. The maximum Gasteiger partial charge on any atom is 0.354 e. The minimum Gasteiger partial charge on any atom is -0.436 e. The Morgan fingerprint density at radius 3 is 2.74 bits per heavy atom. The van der Waals surface area contributed by atoms with Crippen LogP contribution in [0.4, 0.5) is 5.69 Å². The van der Waals surface area contributed by atoms with Gasteiger partial charge in [0.2, 0.25) is 0 Å². The number of hydrogen-bond acceptors (Lipinski definition) is 4. The lowest BCUT2D eigenvalue weighted by Crippen LogP contribution is -1.94. The Morgan fingerprint density at radius 2 is 2.13 bits per heavy atom. The molecule has 0 unspecified atom stereocenters. The standard InChI is InChI=1S/C15H13Cl2N3O3/c1-3-4-12-14(20(21)22)15-19(18-12)13(8(2)23-15)10-6-5-9(16)7-11(10)17/h5-7H,3-4H2,1-2H3. The van der Waals surface area contributed by atoms with E-state index >= 15 is 0 Å². The summed E-state index contributed by atoms with van der Waals surface area (Å²) < 4.78 is 7.08. The maximum absolute atomic E-state index is 11.4. The third-order valence-electron chi connectivity index (χ3n) is 3.54. The summed E-state index contributed by atoms with van der Waals surface area (Å²) in [6.07, 6.45) is 1.25. The summed E-state index contributed by atoms with van der Waals surface area (Å²) in [5, 5.41) is 16.7. The zero-order chi connectivity index (χ0) is 16.7. The van der Waals surface area contributed by atoms with Crippen molar-refractivity contribution < 1.29 is 9.34 Å². The second-order valence-corrected chi connectivity index (χ2v) is 5.99. The molecule has 1 aromatic carbocycles. The van der Waals surface area contributed by atoms with Crippen molar-refractivity contribution in [1.29, 1.82) is 0 Å². The molecule has 0 N–H and O–H groups in total. The number of hydrogen-bond donors (Lipinski definition) is 0. The van der Waals surface area contributed by atoms with Crippen molar-refractivity contribution >= 4 is 34.6 Å². The Hall–Kier alpha value is -2.05. The van der Waals surface area contributed by atoms with Gasteiger partial charge in [-0.3, -0.25) is 10.1 Å². The fourth-order valence-electron chi connectivity index (χ4n) is 2.60. The van der Waals surface area contributed by atoms with Gasteiger partial charge in [-0.2, -0.15) is 9.61 Å². The van der Waals surface area contributed by atoms with Gasteiger partial charge in [0.05, 0.1) is 9.95 Å². The number of halogens is 2. The summed E-state index contributed by atoms with van der Waals surface area (Å²) in [5.41, 5.74) is 1.69. The lowest BCUT2D eigenvalue weighted by atomic mass is 10.1. The molecule has 2 heterocycles. The van der Waals surface area contributed by atoms with Gasteiger partial charge in [0, 0.05) is 10.6 Å². The highest BCUT2D eigenvalue weighted by Gasteiger charge is 2.29. The van der Waals surface area contributed by atoms with Crippen LogP contribution in [0.25, 0.3) is 17.0 Å². The van der Waals surface area contributed by atoms with Crippen LogP contribution in [-0.2, 0) is 6.42 Å². The molecule has 0 aliphatic rings. The van der Waals surface area contributed by atoms with Crippen molar-refractivity contribution in [3.8, 4) is 11.3 Å². The lowest BCUT2D eigenvalue weighted by molar-refractivity contribution is -0.384. The predicted octanol–water partition coefficient (Wildman–Crippen LogP) is 5.07. The maximum atomic E-state index is 11.4. The zero-order valence-electron chi connectivity index (χ0n) is 12.5. The van der Waals surface area contributed by atoms with E-state index in [0.717, 1.165) is 6.42 Å². The highest BCUT2D eigenvalue weighted by molar-refractivity contribution is 6.36. The summed E-state index contributed by atoms with van der Waals surface area (Å²) in [5.74, 6) is 0.503. The molecule has 0 atom stereocenters. The average Bonchev–Trinajstić information content (AvgIpc) is 2.94. The van der Waals surface area contributed by atoms with Crippen molar-refractivity contribution in [3.05, 3.63) is 49.8 Å². The van der Waals surface area contributed by atoms with Crippen LogP contribution in [0, 0.1) is 17.0 Å². The molecule has 0 amide bonds. The van der Waals surface area contributed by atoms with E-state index in [1.54, 1.807) is 25.1 Å². The van der Waals surface area contributed by atoms with Crippen LogP contribution in [0.3, 0.4) is 0 Å². The number of nitrogens with zero attached hydrogens (tertiary/aromatic N) is 3. The van der Waals surface area contributed by atoms with Gasteiger partial charge in [-0.05, 0) is 31.5 Å². The van der Waals surface area contributed by atoms with Crippen LogP contribution >= 0.6 is 23.2 Å². The molecule has 3 aromatic rings. The van der Waals surface area contributed by atoms with Gasteiger partial charge in [-0.1, -0.05) is 36.5 Å². The molecule has 8 heteroatoms. The Balaban J connectivity index is 2.31. The van der Waals surface area contributed by atoms with E-state index < -0.39 is 4.92 Å². The van der Waals surface area contributed by atoms with Crippen LogP contribution in [-0.4, -0.2) is 14.5 Å². The fraction of sp³-hybridized carbons (Fsp3) is 0.267. The molecule has 3 rings (SSSR count). The first-order valence-corrected chi connectivity index (χ1v) is 7.80. The highest BCUT2D eigenvalue weighted by Crippen LogP contribution is 2.37. The van der Waals surface area contributed by atoms with Crippen molar-refractivity contribution in [2.45, 2.75) is 26.7 Å². The second kappa shape index (κ2) is 5.86. The second-order valence-electron chi connectivity index (χ2n) is 5.15. The first kappa shape index (κ1) is 15.8. The molecule has 0 saturated heterocycles. The van der Waals surface area contributed by atoms with Gasteiger partial charge >= 0.3 is 11.4 Å². The molecule has 0 radical (unpaired) electrons. The SMILES string of the molecule is CCCc1nn2c(-c3ccc(Cl)cc3Cl)c(C)oc2c1[N+](=O)[O-]. The third kappa shape index (κ3) is 2.58. The molecule has 0 spiro atoms. The summed E-state index contributed by atoms with van der Waals surface area (Å²) in [4.78, 5) is 10.9. The predicted molar refractivity (Wildman–Crippen MR) is 88.3 cm³/mol. The van der Waals surface area contributed by atoms with E-state index in [4.69, 9.17) is 27.6 Å². The molecular formula is C15H13Cl2N3O3. The van der Waals surface area contributed by atoms with Gasteiger partial charge < -0.3 is 4.42 Å². The van der Waals surface area contributed by atoms with E-state index in [1.165, 1.54) is 4.52 Å². The molecule has 120 valence electrons. The van der Waals surface area contributed by atoms with E-state index in [0.29, 0.717) is 39.2 Å². The van der Waals surface area contributed by atoms with Crippen LogP contribution in [0.15, 0.2) is 22.6 Å². The first-order valence-electron chi connectivity index (χ1n) is 7.04. The van der Waals surface area contributed by atoms with E-state index in [2.05, 4.69) is 5.10 Å². The summed E-state index contributed by atoms with van der Waals surface area (Å²) in [6, 6.07) is 5.06. The molecule has 0 saturated carbocycles. The van der Waals surface area contributed by atoms with Gasteiger partial charge in [-0.25, -0.2) is 0 Å². The molecule has 0 aliphatic carbocycles. The van der Waals surface area contributed by atoms with Crippen molar-refractivity contribution in [2.24, 2.45) is 0 Å². The molecule has 0 aliphatic heterocycles. The van der Waals surface area contributed by atoms with Crippen LogP contribution in [0.5, 0.6) is 0 Å². The number of fused-ring (bicyclic) bond motifs is 1. The Bertz CT molecular complexity index is 914. The molecule has 23 heavy (non-hydrogen) atoms. The number of benzene rings is 1. The number of rotatable bonds is 4. The number of aryl methyl sites for hydroxylation is 2. The zero-order valence-corrected chi connectivity index (χ0v) is 14.0.